The first-order valence-electron chi connectivity index (χ1n) is 4.00. The Bertz CT molecular complexity index is 257. The van der Waals surface area contributed by atoms with E-state index >= 15 is 0 Å². The Balaban J connectivity index is 2.79. The van der Waals surface area contributed by atoms with Gasteiger partial charge < -0.3 is 4.84 Å². The van der Waals surface area contributed by atoms with Crippen molar-refractivity contribution in [2.75, 3.05) is 7.11 Å². The maximum absolute atomic E-state index is 4.88. The molecule has 0 aliphatic carbocycles. The van der Waals surface area contributed by atoms with Crippen LogP contribution in [0, 0.1) is 13.8 Å². The van der Waals surface area contributed by atoms with Crippen LogP contribution in [0.3, 0.4) is 0 Å². The maximum Gasteiger partial charge on any atom is 0.0572 e. The van der Waals surface area contributed by atoms with Crippen LogP contribution in [-0.4, -0.2) is 7.11 Å². The Kier molecular flexibility index (Phi) is 3.26. The highest BCUT2D eigenvalue weighted by Crippen LogP contribution is 2.25. The minimum absolute atomic E-state index is 0.278. The number of hydroxylamine groups is 1. The number of rotatable bonds is 3. The van der Waals surface area contributed by atoms with Crippen molar-refractivity contribution < 1.29 is 4.84 Å². The van der Waals surface area contributed by atoms with E-state index < -0.39 is 0 Å². The standard InChI is InChI=1S/C9H15NOS/c1-6-5-9(8(3)12-6)7(2)10-11-4/h5,7,10H,1-4H3. The van der Waals surface area contributed by atoms with Gasteiger partial charge in [-0.2, -0.15) is 5.48 Å². The van der Waals surface area contributed by atoms with Crippen molar-refractivity contribution in [2.24, 2.45) is 0 Å². The van der Waals surface area contributed by atoms with Gasteiger partial charge >= 0.3 is 0 Å². The Morgan fingerprint density at radius 3 is 2.58 bits per heavy atom. The first-order valence-corrected chi connectivity index (χ1v) is 4.82. The molecule has 1 aromatic heterocycles. The molecule has 2 nitrogen and oxygen atoms in total. The molecule has 1 atom stereocenters. The van der Waals surface area contributed by atoms with Crippen LogP contribution in [-0.2, 0) is 4.84 Å². The molecule has 0 spiro atoms. The molecule has 1 heterocycles. The number of aryl methyl sites for hydroxylation is 2. The second-order valence-corrected chi connectivity index (χ2v) is 4.37. The van der Waals surface area contributed by atoms with Crippen molar-refractivity contribution in [3.8, 4) is 0 Å². The van der Waals surface area contributed by atoms with Crippen LogP contribution < -0.4 is 5.48 Å². The van der Waals surface area contributed by atoms with Crippen LogP contribution >= 0.6 is 11.3 Å². The Morgan fingerprint density at radius 2 is 2.17 bits per heavy atom. The van der Waals surface area contributed by atoms with Gasteiger partial charge in [0.05, 0.1) is 13.2 Å². The third kappa shape index (κ3) is 2.06. The Hall–Kier alpha value is -0.380. The summed E-state index contributed by atoms with van der Waals surface area (Å²) in [5, 5.41) is 0. The van der Waals surface area contributed by atoms with E-state index in [1.165, 1.54) is 15.3 Å². The zero-order chi connectivity index (χ0) is 9.14. The summed E-state index contributed by atoms with van der Waals surface area (Å²) in [5.74, 6) is 0. The average Bonchev–Trinajstić information content (AvgIpc) is 2.30. The largest absolute Gasteiger partial charge is 0.305 e. The number of hydrogen-bond donors (Lipinski definition) is 1. The van der Waals surface area contributed by atoms with E-state index in [2.05, 4.69) is 32.3 Å². The smallest absolute Gasteiger partial charge is 0.0572 e. The Morgan fingerprint density at radius 1 is 1.50 bits per heavy atom. The first-order chi connectivity index (χ1) is 5.65. The maximum atomic E-state index is 4.88. The molecule has 0 saturated carbocycles. The van der Waals surface area contributed by atoms with Crippen LogP contribution in [0.5, 0.6) is 0 Å². The third-order valence-electron chi connectivity index (χ3n) is 1.84. The van der Waals surface area contributed by atoms with Crippen LogP contribution in [0.1, 0.15) is 28.3 Å². The second kappa shape index (κ2) is 4.03. The van der Waals surface area contributed by atoms with Crippen molar-refractivity contribution in [3.05, 3.63) is 21.4 Å². The molecule has 0 aromatic carbocycles. The van der Waals surface area contributed by atoms with Gasteiger partial charge in [-0.1, -0.05) is 0 Å². The number of hydrogen-bond acceptors (Lipinski definition) is 3. The van der Waals surface area contributed by atoms with Gasteiger partial charge in [-0.05, 0) is 32.4 Å². The summed E-state index contributed by atoms with van der Waals surface area (Å²) < 4.78 is 0. The van der Waals surface area contributed by atoms with Gasteiger partial charge in [0.2, 0.25) is 0 Å². The summed E-state index contributed by atoms with van der Waals surface area (Å²) in [7, 11) is 1.64. The molecule has 12 heavy (non-hydrogen) atoms. The minimum atomic E-state index is 0.278. The van der Waals surface area contributed by atoms with Gasteiger partial charge in [-0.3, -0.25) is 0 Å². The van der Waals surface area contributed by atoms with Gasteiger partial charge in [-0.25, -0.2) is 0 Å². The van der Waals surface area contributed by atoms with Gasteiger partial charge in [-0.15, -0.1) is 11.3 Å². The summed E-state index contributed by atoms with van der Waals surface area (Å²) >= 11 is 1.83. The quantitative estimate of drug-likeness (QED) is 0.731. The predicted octanol–water partition coefficient (Wildman–Crippen LogP) is 2.58. The van der Waals surface area contributed by atoms with Crippen molar-refractivity contribution in [2.45, 2.75) is 26.8 Å². The molecule has 3 heteroatoms. The summed E-state index contributed by atoms with van der Waals surface area (Å²) in [6.07, 6.45) is 0. The lowest BCUT2D eigenvalue weighted by Crippen LogP contribution is -2.16. The molecule has 1 aromatic rings. The molecule has 1 unspecified atom stereocenters. The summed E-state index contributed by atoms with van der Waals surface area (Å²) in [6, 6.07) is 2.48. The highest BCUT2D eigenvalue weighted by Gasteiger charge is 2.09. The summed E-state index contributed by atoms with van der Waals surface area (Å²) in [6.45, 7) is 6.36. The predicted molar refractivity (Wildman–Crippen MR) is 52.4 cm³/mol. The molecule has 1 rings (SSSR count). The Labute approximate surface area is 77.5 Å². The molecule has 1 N–H and O–H groups in total. The highest BCUT2D eigenvalue weighted by atomic mass is 32.1. The van der Waals surface area contributed by atoms with Crippen molar-refractivity contribution >= 4 is 11.3 Å². The summed E-state index contributed by atoms with van der Waals surface area (Å²) in [4.78, 5) is 7.60. The average molecular weight is 185 g/mol. The molecule has 0 bridgehead atoms. The fraction of sp³-hybridized carbons (Fsp3) is 0.556. The zero-order valence-corrected chi connectivity index (χ0v) is 8.79. The fourth-order valence-corrected chi connectivity index (χ4v) is 2.34. The van der Waals surface area contributed by atoms with E-state index in [0.717, 1.165) is 0 Å². The molecule has 0 aliphatic heterocycles. The minimum Gasteiger partial charge on any atom is -0.305 e. The molecular formula is C9H15NOS. The van der Waals surface area contributed by atoms with Crippen LogP contribution in [0.2, 0.25) is 0 Å². The zero-order valence-electron chi connectivity index (χ0n) is 7.97. The van der Waals surface area contributed by atoms with Crippen LogP contribution in [0.25, 0.3) is 0 Å². The first kappa shape index (κ1) is 9.71. The molecule has 0 saturated heterocycles. The lowest BCUT2D eigenvalue weighted by atomic mass is 10.1. The molecule has 0 radical (unpaired) electrons. The van der Waals surface area contributed by atoms with E-state index in [-0.39, 0.29) is 6.04 Å². The van der Waals surface area contributed by atoms with Crippen molar-refractivity contribution in [3.63, 3.8) is 0 Å². The molecule has 0 amide bonds. The van der Waals surface area contributed by atoms with E-state index in [9.17, 15) is 0 Å². The fourth-order valence-electron chi connectivity index (χ4n) is 1.32. The molecule has 0 fully saturated rings. The van der Waals surface area contributed by atoms with Crippen LogP contribution in [0.15, 0.2) is 6.07 Å². The number of nitrogens with one attached hydrogen (secondary N) is 1. The summed E-state index contributed by atoms with van der Waals surface area (Å²) in [5.41, 5.74) is 4.26. The molecular weight excluding hydrogens is 170 g/mol. The second-order valence-electron chi connectivity index (χ2n) is 2.91. The van der Waals surface area contributed by atoms with Gasteiger partial charge in [0.15, 0.2) is 0 Å². The topological polar surface area (TPSA) is 21.3 Å². The van der Waals surface area contributed by atoms with E-state index in [0.29, 0.717) is 0 Å². The molecule has 68 valence electrons. The van der Waals surface area contributed by atoms with E-state index in [1.54, 1.807) is 7.11 Å². The highest BCUT2D eigenvalue weighted by molar-refractivity contribution is 7.12. The SMILES string of the molecule is CONC(C)c1cc(C)sc1C. The van der Waals surface area contributed by atoms with Gasteiger partial charge in [0, 0.05) is 9.75 Å². The third-order valence-corrected chi connectivity index (χ3v) is 2.82. The molecule has 0 aliphatic rings. The van der Waals surface area contributed by atoms with E-state index in [1.807, 2.05) is 11.3 Å². The van der Waals surface area contributed by atoms with Gasteiger partial charge in [0.1, 0.15) is 0 Å². The monoisotopic (exact) mass is 185 g/mol. The van der Waals surface area contributed by atoms with Crippen molar-refractivity contribution in [1.82, 2.24) is 5.48 Å². The van der Waals surface area contributed by atoms with Crippen molar-refractivity contribution in [1.29, 1.82) is 0 Å². The number of thiophene rings is 1. The lowest BCUT2D eigenvalue weighted by molar-refractivity contribution is 0.0658. The van der Waals surface area contributed by atoms with Gasteiger partial charge in [0.25, 0.3) is 0 Å². The lowest BCUT2D eigenvalue weighted by Gasteiger charge is -2.10. The normalized spacial score (nSPS) is 13.3. The van der Waals surface area contributed by atoms with E-state index in [4.69, 9.17) is 4.84 Å². The van der Waals surface area contributed by atoms with Crippen LogP contribution in [0.4, 0.5) is 0 Å².